The summed E-state index contributed by atoms with van der Waals surface area (Å²) < 4.78 is 12.4. The molecule has 6 rings (SSSR count). The van der Waals surface area contributed by atoms with Gasteiger partial charge in [0.05, 0.1) is 11.8 Å². The lowest BCUT2D eigenvalue weighted by atomic mass is 9.96. The molecule has 2 aliphatic heterocycles. The van der Waals surface area contributed by atoms with E-state index in [9.17, 15) is 0 Å². The molecule has 0 N–H and O–H groups in total. The van der Waals surface area contributed by atoms with E-state index in [1.165, 1.54) is 5.56 Å². The highest BCUT2D eigenvalue weighted by molar-refractivity contribution is 6.30. The Balaban J connectivity index is 1.26. The third-order valence-corrected chi connectivity index (χ3v) is 6.54. The summed E-state index contributed by atoms with van der Waals surface area (Å²) in [6.07, 6.45) is 0.551. The van der Waals surface area contributed by atoms with Crippen LogP contribution in [-0.2, 0) is 6.61 Å². The van der Waals surface area contributed by atoms with Crippen molar-refractivity contribution in [1.29, 1.82) is 0 Å². The Bertz CT molecular complexity index is 1320. The minimum absolute atomic E-state index is 0.144. The van der Waals surface area contributed by atoms with Gasteiger partial charge in [-0.1, -0.05) is 72.3 Å². The van der Waals surface area contributed by atoms with Crippen LogP contribution in [0.5, 0.6) is 11.5 Å². The van der Waals surface area contributed by atoms with Gasteiger partial charge in [0.2, 0.25) is 6.23 Å². The second kappa shape index (κ2) is 8.88. The second-order valence-electron chi connectivity index (χ2n) is 8.50. The quantitative estimate of drug-likeness (QED) is 0.313. The zero-order chi connectivity index (χ0) is 22.9. The summed E-state index contributed by atoms with van der Waals surface area (Å²) in [6.45, 7) is 0.489. The highest BCUT2D eigenvalue weighted by Gasteiger charge is 2.40. The lowest BCUT2D eigenvalue weighted by Gasteiger charge is -2.38. The summed E-state index contributed by atoms with van der Waals surface area (Å²) in [5, 5.41) is 7.85. The van der Waals surface area contributed by atoms with E-state index >= 15 is 0 Å². The van der Waals surface area contributed by atoms with Crippen molar-refractivity contribution in [1.82, 2.24) is 5.01 Å². The molecule has 0 saturated heterocycles. The van der Waals surface area contributed by atoms with E-state index in [2.05, 4.69) is 53.5 Å². The van der Waals surface area contributed by atoms with Crippen LogP contribution in [0.2, 0.25) is 5.02 Å². The predicted octanol–water partition coefficient (Wildman–Crippen LogP) is 7.16. The van der Waals surface area contributed by atoms with Crippen molar-refractivity contribution in [3.63, 3.8) is 0 Å². The van der Waals surface area contributed by atoms with Gasteiger partial charge in [-0.25, -0.2) is 5.01 Å². The molecule has 4 nitrogen and oxygen atoms in total. The van der Waals surface area contributed by atoms with Crippen LogP contribution in [0.3, 0.4) is 0 Å². The summed E-state index contributed by atoms with van der Waals surface area (Å²) >= 11 is 5.97. The van der Waals surface area contributed by atoms with Gasteiger partial charge < -0.3 is 9.47 Å². The zero-order valence-corrected chi connectivity index (χ0v) is 19.2. The van der Waals surface area contributed by atoms with Gasteiger partial charge in [-0.2, -0.15) is 5.10 Å². The molecule has 5 heteroatoms. The molecule has 0 bridgehead atoms. The molecule has 0 aliphatic carbocycles. The smallest absolute Gasteiger partial charge is 0.213 e. The summed E-state index contributed by atoms with van der Waals surface area (Å²) in [7, 11) is 0. The molecule has 0 aromatic heterocycles. The number of para-hydroxylation sites is 1. The number of nitrogens with zero attached hydrogens (tertiary/aromatic N) is 2. The summed E-state index contributed by atoms with van der Waals surface area (Å²) in [6, 6.07) is 34.6. The van der Waals surface area contributed by atoms with Crippen LogP contribution in [0.1, 0.15) is 40.9 Å². The average Bonchev–Trinajstić information content (AvgIpc) is 3.35. The van der Waals surface area contributed by atoms with Crippen molar-refractivity contribution in [2.24, 2.45) is 5.10 Å². The monoisotopic (exact) mass is 466 g/mol. The number of hydrogen-bond acceptors (Lipinski definition) is 4. The Morgan fingerprint density at radius 2 is 1.59 bits per heavy atom. The Hall–Kier alpha value is -3.76. The Kier molecular flexibility index (Phi) is 5.44. The van der Waals surface area contributed by atoms with Crippen molar-refractivity contribution >= 4 is 17.3 Å². The van der Waals surface area contributed by atoms with E-state index in [0.29, 0.717) is 6.61 Å². The summed E-state index contributed by atoms with van der Waals surface area (Å²) in [5.74, 6) is 1.72. The van der Waals surface area contributed by atoms with Crippen molar-refractivity contribution in [2.75, 3.05) is 0 Å². The Labute approximate surface area is 204 Å². The molecule has 2 atom stereocenters. The molecule has 0 saturated carbocycles. The first-order chi connectivity index (χ1) is 16.7. The average molecular weight is 467 g/mol. The number of rotatable bonds is 5. The van der Waals surface area contributed by atoms with Crippen LogP contribution >= 0.6 is 11.6 Å². The first kappa shape index (κ1) is 20.8. The van der Waals surface area contributed by atoms with E-state index in [1.807, 2.05) is 54.6 Å². The van der Waals surface area contributed by atoms with Gasteiger partial charge in [0.25, 0.3) is 0 Å². The lowest BCUT2D eigenvalue weighted by Crippen LogP contribution is -2.33. The van der Waals surface area contributed by atoms with E-state index in [0.717, 1.165) is 45.3 Å². The van der Waals surface area contributed by atoms with Crippen LogP contribution in [0.15, 0.2) is 108 Å². The lowest BCUT2D eigenvalue weighted by molar-refractivity contribution is -0.0190. The van der Waals surface area contributed by atoms with E-state index in [1.54, 1.807) is 0 Å². The standard InChI is InChI=1S/C29H23ClN2O2/c30-23-14-10-20(11-15-23)19-33-24-16-12-22(13-17-24)29-32-27(25-8-4-5-9-28(25)34-29)18-26(31-32)21-6-2-1-3-7-21/h1-17,27,29H,18-19H2/t27-,29-/m0/s1. The fraction of sp³-hybridized carbons (Fsp3) is 0.138. The maximum atomic E-state index is 6.46. The number of benzene rings is 4. The van der Waals surface area contributed by atoms with E-state index in [-0.39, 0.29) is 12.3 Å². The minimum atomic E-state index is -0.300. The normalized spacial score (nSPS) is 18.5. The maximum absolute atomic E-state index is 6.46. The molecule has 0 amide bonds. The van der Waals surface area contributed by atoms with E-state index < -0.39 is 0 Å². The third-order valence-electron chi connectivity index (χ3n) is 6.29. The maximum Gasteiger partial charge on any atom is 0.213 e. The van der Waals surface area contributed by atoms with Gasteiger partial charge >= 0.3 is 0 Å². The van der Waals surface area contributed by atoms with Crippen molar-refractivity contribution in [3.8, 4) is 11.5 Å². The van der Waals surface area contributed by atoms with Crippen LogP contribution in [-0.4, -0.2) is 10.7 Å². The topological polar surface area (TPSA) is 34.1 Å². The molecular weight excluding hydrogens is 444 g/mol. The van der Waals surface area contributed by atoms with Crippen LogP contribution in [0.4, 0.5) is 0 Å². The molecule has 168 valence electrons. The first-order valence-corrected chi connectivity index (χ1v) is 11.8. The number of hydrogen-bond donors (Lipinski definition) is 0. The van der Waals surface area contributed by atoms with Gasteiger partial charge in [0, 0.05) is 22.6 Å². The molecule has 0 spiro atoms. The minimum Gasteiger partial charge on any atom is -0.489 e. The van der Waals surface area contributed by atoms with Gasteiger partial charge in [-0.3, -0.25) is 0 Å². The summed E-state index contributed by atoms with van der Waals surface area (Å²) in [4.78, 5) is 0. The zero-order valence-electron chi connectivity index (χ0n) is 18.5. The summed E-state index contributed by atoms with van der Waals surface area (Å²) in [5.41, 5.74) is 5.52. The van der Waals surface area contributed by atoms with Crippen molar-refractivity contribution < 1.29 is 9.47 Å². The van der Waals surface area contributed by atoms with Crippen molar-refractivity contribution in [2.45, 2.75) is 25.3 Å². The molecule has 4 aromatic carbocycles. The van der Waals surface area contributed by atoms with Gasteiger partial charge in [0.1, 0.15) is 18.1 Å². The first-order valence-electron chi connectivity index (χ1n) is 11.4. The molecule has 0 fully saturated rings. The Morgan fingerprint density at radius 1 is 0.853 bits per heavy atom. The Morgan fingerprint density at radius 3 is 2.38 bits per heavy atom. The van der Waals surface area contributed by atoms with Crippen molar-refractivity contribution in [3.05, 3.63) is 130 Å². The number of fused-ring (bicyclic) bond motifs is 3. The fourth-order valence-electron chi connectivity index (χ4n) is 4.54. The fourth-order valence-corrected chi connectivity index (χ4v) is 4.66. The second-order valence-corrected chi connectivity index (χ2v) is 8.94. The molecule has 0 radical (unpaired) electrons. The van der Waals surface area contributed by atoms with Crippen LogP contribution < -0.4 is 9.47 Å². The highest BCUT2D eigenvalue weighted by atomic mass is 35.5. The van der Waals surface area contributed by atoms with Gasteiger partial charge in [-0.15, -0.1) is 0 Å². The number of hydrazone groups is 1. The van der Waals surface area contributed by atoms with Crippen LogP contribution in [0, 0.1) is 0 Å². The van der Waals surface area contributed by atoms with E-state index in [4.69, 9.17) is 26.2 Å². The van der Waals surface area contributed by atoms with Gasteiger partial charge in [-0.05, 0) is 53.6 Å². The molecule has 34 heavy (non-hydrogen) atoms. The number of ether oxygens (including phenoxy) is 2. The number of halogens is 1. The molecule has 2 heterocycles. The SMILES string of the molecule is Clc1ccc(COc2ccc([C@@H]3Oc4ccccc4[C@@H]4CC(c5ccccc5)=NN43)cc2)cc1. The molecule has 4 aromatic rings. The molecule has 0 unspecified atom stereocenters. The molecular formula is C29H23ClN2O2. The van der Waals surface area contributed by atoms with Crippen LogP contribution in [0.25, 0.3) is 0 Å². The third kappa shape index (κ3) is 4.02. The largest absolute Gasteiger partial charge is 0.489 e. The van der Waals surface area contributed by atoms with Gasteiger partial charge in [0.15, 0.2) is 0 Å². The molecule has 2 aliphatic rings. The highest BCUT2D eigenvalue weighted by Crippen LogP contribution is 2.47. The predicted molar refractivity (Wildman–Crippen MR) is 134 cm³/mol.